The zero-order valence-electron chi connectivity index (χ0n) is 8.03. The lowest BCUT2D eigenvalue weighted by Crippen LogP contribution is -2.34. The van der Waals surface area contributed by atoms with Gasteiger partial charge >= 0.3 is 5.97 Å². The van der Waals surface area contributed by atoms with Gasteiger partial charge < -0.3 is 10.4 Å². The number of H-pyrrole nitrogens is 1. The average Bonchev–Trinajstić information content (AvgIpc) is 2.64. The Balaban J connectivity index is 2.08. The highest BCUT2D eigenvalue weighted by Gasteiger charge is 2.08. The van der Waals surface area contributed by atoms with E-state index in [1.54, 1.807) is 6.92 Å². The first-order chi connectivity index (χ1) is 6.70. The number of carboxylic acid groups (broad SMARTS) is 1. The van der Waals surface area contributed by atoms with Crippen molar-refractivity contribution in [1.29, 1.82) is 0 Å². The van der Waals surface area contributed by atoms with E-state index in [1.165, 1.54) is 6.33 Å². The van der Waals surface area contributed by atoms with Crippen molar-refractivity contribution >= 4 is 5.97 Å². The van der Waals surface area contributed by atoms with Gasteiger partial charge in [-0.1, -0.05) is 0 Å². The zero-order valence-corrected chi connectivity index (χ0v) is 8.03. The summed E-state index contributed by atoms with van der Waals surface area (Å²) in [5.41, 5.74) is 0. The molecule has 1 aromatic rings. The zero-order chi connectivity index (χ0) is 10.4. The molecular weight excluding hydrogens is 184 g/mol. The lowest BCUT2D eigenvalue weighted by atomic mass is 10.2. The normalized spacial score (nSPS) is 12.6. The minimum atomic E-state index is -0.829. The summed E-state index contributed by atoms with van der Waals surface area (Å²) in [5.74, 6) is -0.000515. The molecule has 1 aromatic heterocycles. The summed E-state index contributed by atoms with van der Waals surface area (Å²) >= 11 is 0. The van der Waals surface area contributed by atoms with Crippen LogP contribution in [0.25, 0.3) is 0 Å². The molecule has 0 aromatic carbocycles. The lowest BCUT2D eigenvalue weighted by molar-refractivity contribution is -0.138. The van der Waals surface area contributed by atoms with Gasteiger partial charge in [0.2, 0.25) is 0 Å². The Labute approximate surface area is 81.7 Å². The van der Waals surface area contributed by atoms with Crippen LogP contribution in [0.5, 0.6) is 0 Å². The largest absolute Gasteiger partial charge is 0.480 e. The molecular formula is C8H14N4O2. The summed E-state index contributed by atoms with van der Waals surface area (Å²) < 4.78 is 0. The summed E-state index contributed by atoms with van der Waals surface area (Å²) in [6.07, 6.45) is 3.08. The SMILES string of the molecule is CC(NCCCc1ncn[nH]1)C(=O)O. The van der Waals surface area contributed by atoms with Gasteiger partial charge in [0.05, 0.1) is 0 Å². The number of aromatic nitrogens is 3. The molecule has 0 fully saturated rings. The van der Waals surface area contributed by atoms with Gasteiger partial charge in [-0.05, 0) is 19.9 Å². The molecule has 0 amide bonds. The molecule has 0 bridgehead atoms. The number of nitrogens with zero attached hydrogens (tertiary/aromatic N) is 2. The van der Waals surface area contributed by atoms with Gasteiger partial charge in [0.25, 0.3) is 0 Å². The first kappa shape index (κ1) is 10.6. The monoisotopic (exact) mass is 198 g/mol. The Bertz CT molecular complexity index is 273. The molecule has 0 saturated heterocycles. The third-order valence-electron chi connectivity index (χ3n) is 1.88. The van der Waals surface area contributed by atoms with E-state index in [1.807, 2.05) is 0 Å². The minimum absolute atomic E-state index is 0.496. The molecule has 0 saturated carbocycles. The first-order valence-corrected chi connectivity index (χ1v) is 4.50. The Hall–Kier alpha value is -1.43. The predicted octanol–water partition coefficient (Wildman–Crippen LogP) is -0.200. The quantitative estimate of drug-likeness (QED) is 0.551. The average molecular weight is 198 g/mol. The Morgan fingerprint density at radius 3 is 3.14 bits per heavy atom. The van der Waals surface area contributed by atoms with Gasteiger partial charge in [-0.15, -0.1) is 0 Å². The topological polar surface area (TPSA) is 90.9 Å². The van der Waals surface area contributed by atoms with Gasteiger partial charge in [-0.25, -0.2) is 4.98 Å². The Morgan fingerprint density at radius 2 is 2.57 bits per heavy atom. The van der Waals surface area contributed by atoms with Crippen LogP contribution in [0.3, 0.4) is 0 Å². The molecule has 6 nitrogen and oxygen atoms in total. The highest BCUT2D eigenvalue weighted by molar-refractivity contribution is 5.72. The van der Waals surface area contributed by atoms with Crippen molar-refractivity contribution in [3.8, 4) is 0 Å². The molecule has 1 rings (SSSR count). The van der Waals surface area contributed by atoms with Gasteiger partial charge in [0, 0.05) is 6.42 Å². The van der Waals surface area contributed by atoms with Crippen molar-refractivity contribution in [3.63, 3.8) is 0 Å². The van der Waals surface area contributed by atoms with Crippen LogP contribution in [0.2, 0.25) is 0 Å². The molecule has 0 aliphatic rings. The number of aliphatic carboxylic acids is 1. The maximum absolute atomic E-state index is 10.4. The van der Waals surface area contributed by atoms with E-state index >= 15 is 0 Å². The van der Waals surface area contributed by atoms with Crippen LogP contribution in [0, 0.1) is 0 Å². The van der Waals surface area contributed by atoms with Crippen LogP contribution in [-0.2, 0) is 11.2 Å². The highest BCUT2D eigenvalue weighted by Crippen LogP contribution is 1.92. The maximum atomic E-state index is 10.4. The summed E-state index contributed by atoms with van der Waals surface area (Å²) in [7, 11) is 0. The number of hydrogen-bond donors (Lipinski definition) is 3. The minimum Gasteiger partial charge on any atom is -0.480 e. The van der Waals surface area contributed by atoms with E-state index in [2.05, 4.69) is 20.5 Å². The van der Waals surface area contributed by atoms with E-state index in [4.69, 9.17) is 5.11 Å². The van der Waals surface area contributed by atoms with Crippen LogP contribution < -0.4 is 5.32 Å². The number of carbonyl (C=O) groups is 1. The van der Waals surface area contributed by atoms with Crippen LogP contribution in [-0.4, -0.2) is 38.8 Å². The molecule has 0 aliphatic carbocycles. The third kappa shape index (κ3) is 3.53. The van der Waals surface area contributed by atoms with Crippen molar-refractivity contribution < 1.29 is 9.90 Å². The maximum Gasteiger partial charge on any atom is 0.320 e. The number of aromatic amines is 1. The van der Waals surface area contributed by atoms with E-state index in [-0.39, 0.29) is 0 Å². The molecule has 0 radical (unpaired) electrons. The van der Waals surface area contributed by atoms with E-state index < -0.39 is 12.0 Å². The number of nitrogens with one attached hydrogen (secondary N) is 2. The standard InChI is InChI=1S/C8H14N4O2/c1-6(8(13)14)9-4-2-3-7-10-5-11-12-7/h5-6,9H,2-4H2,1H3,(H,13,14)(H,10,11,12). The van der Waals surface area contributed by atoms with Crippen molar-refractivity contribution in [2.75, 3.05) is 6.54 Å². The summed E-state index contributed by atoms with van der Waals surface area (Å²) in [4.78, 5) is 14.4. The molecule has 1 heterocycles. The van der Waals surface area contributed by atoms with E-state index in [9.17, 15) is 4.79 Å². The van der Waals surface area contributed by atoms with Crippen molar-refractivity contribution in [2.45, 2.75) is 25.8 Å². The van der Waals surface area contributed by atoms with Crippen LogP contribution in [0.4, 0.5) is 0 Å². The Kier molecular flexibility index (Phi) is 4.06. The predicted molar refractivity (Wildman–Crippen MR) is 49.8 cm³/mol. The van der Waals surface area contributed by atoms with Crippen LogP contribution in [0.1, 0.15) is 19.2 Å². The third-order valence-corrected chi connectivity index (χ3v) is 1.88. The molecule has 78 valence electrons. The first-order valence-electron chi connectivity index (χ1n) is 4.50. The van der Waals surface area contributed by atoms with Crippen molar-refractivity contribution in [3.05, 3.63) is 12.2 Å². The molecule has 1 atom stereocenters. The lowest BCUT2D eigenvalue weighted by Gasteiger charge is -2.07. The number of hydrogen-bond acceptors (Lipinski definition) is 4. The molecule has 3 N–H and O–H groups in total. The molecule has 1 unspecified atom stereocenters. The van der Waals surface area contributed by atoms with Gasteiger partial charge in [0.15, 0.2) is 0 Å². The van der Waals surface area contributed by atoms with Gasteiger partial charge in [-0.3, -0.25) is 9.89 Å². The highest BCUT2D eigenvalue weighted by atomic mass is 16.4. The van der Waals surface area contributed by atoms with Gasteiger partial charge in [-0.2, -0.15) is 5.10 Å². The second-order valence-electron chi connectivity index (χ2n) is 3.05. The smallest absolute Gasteiger partial charge is 0.320 e. The fourth-order valence-electron chi connectivity index (χ4n) is 1.01. The summed E-state index contributed by atoms with van der Waals surface area (Å²) in [6.45, 7) is 2.28. The second kappa shape index (κ2) is 5.33. The molecule has 14 heavy (non-hydrogen) atoms. The molecule has 0 aliphatic heterocycles. The summed E-state index contributed by atoms with van der Waals surface area (Å²) in [5, 5.41) is 17.9. The summed E-state index contributed by atoms with van der Waals surface area (Å²) in [6, 6.07) is -0.496. The van der Waals surface area contributed by atoms with E-state index in [0.717, 1.165) is 18.7 Å². The number of rotatable bonds is 6. The van der Waals surface area contributed by atoms with Crippen molar-refractivity contribution in [1.82, 2.24) is 20.5 Å². The van der Waals surface area contributed by atoms with E-state index in [0.29, 0.717) is 6.54 Å². The van der Waals surface area contributed by atoms with Crippen molar-refractivity contribution in [2.24, 2.45) is 0 Å². The second-order valence-corrected chi connectivity index (χ2v) is 3.05. The number of aryl methyl sites for hydroxylation is 1. The number of carboxylic acids is 1. The molecule has 6 heteroatoms. The fraction of sp³-hybridized carbons (Fsp3) is 0.625. The molecule has 0 spiro atoms. The van der Waals surface area contributed by atoms with Gasteiger partial charge in [0.1, 0.15) is 18.2 Å². The Morgan fingerprint density at radius 1 is 1.79 bits per heavy atom. The fourth-order valence-corrected chi connectivity index (χ4v) is 1.01. The van der Waals surface area contributed by atoms with Crippen LogP contribution in [0.15, 0.2) is 6.33 Å². The van der Waals surface area contributed by atoms with Crippen LogP contribution >= 0.6 is 0 Å².